The first-order chi connectivity index (χ1) is 12.1. The second-order valence-electron chi connectivity index (χ2n) is 5.04. The summed E-state index contributed by atoms with van der Waals surface area (Å²) in [4.78, 5) is 12.2. The van der Waals surface area contributed by atoms with Crippen LogP contribution in [0.25, 0.3) is 0 Å². The molecule has 0 atom stereocenters. The van der Waals surface area contributed by atoms with Crippen molar-refractivity contribution in [2.24, 2.45) is 5.10 Å². The molecule has 3 rings (SSSR count). The Hall–Kier alpha value is -2.74. The first kappa shape index (κ1) is 17.1. The van der Waals surface area contributed by atoms with E-state index < -0.39 is 0 Å². The van der Waals surface area contributed by atoms with Crippen molar-refractivity contribution in [3.8, 4) is 23.0 Å². The average molecular weight is 407 g/mol. The van der Waals surface area contributed by atoms with Crippen LogP contribution in [-0.4, -0.2) is 33.1 Å². The Balaban J connectivity index is 1.72. The van der Waals surface area contributed by atoms with Crippen molar-refractivity contribution < 1.29 is 23.7 Å². The van der Waals surface area contributed by atoms with Gasteiger partial charge in [-0.15, -0.1) is 0 Å². The molecule has 0 aromatic heterocycles. The summed E-state index contributed by atoms with van der Waals surface area (Å²) < 4.78 is 21.7. The highest BCUT2D eigenvalue weighted by Crippen LogP contribution is 2.39. The molecule has 0 radical (unpaired) electrons. The van der Waals surface area contributed by atoms with E-state index in [0.717, 1.165) is 10.0 Å². The summed E-state index contributed by atoms with van der Waals surface area (Å²) in [6.07, 6.45) is 1.52. The average Bonchev–Trinajstić information content (AvgIpc) is 3.10. The first-order valence-electron chi connectivity index (χ1n) is 7.26. The zero-order valence-corrected chi connectivity index (χ0v) is 15.1. The molecule has 1 aliphatic rings. The molecule has 2 aromatic carbocycles. The number of halogens is 1. The van der Waals surface area contributed by atoms with E-state index in [9.17, 15) is 4.79 Å². The van der Waals surface area contributed by atoms with E-state index in [4.69, 9.17) is 18.9 Å². The molecule has 2 aromatic rings. The van der Waals surface area contributed by atoms with E-state index in [1.807, 2.05) is 6.07 Å². The van der Waals surface area contributed by atoms with Crippen molar-refractivity contribution in [3.63, 3.8) is 0 Å². The van der Waals surface area contributed by atoms with Crippen LogP contribution in [0, 0.1) is 0 Å². The molecule has 0 unspecified atom stereocenters. The lowest BCUT2D eigenvalue weighted by Crippen LogP contribution is -2.17. The molecule has 8 heteroatoms. The molecule has 0 aliphatic carbocycles. The maximum absolute atomic E-state index is 12.2. The number of carbonyl (C=O) groups excluding carboxylic acids is 1. The number of carbonyl (C=O) groups is 1. The monoisotopic (exact) mass is 406 g/mol. The Morgan fingerprint density at radius 1 is 1.16 bits per heavy atom. The highest BCUT2D eigenvalue weighted by atomic mass is 79.9. The van der Waals surface area contributed by atoms with Gasteiger partial charge in [-0.2, -0.15) is 5.10 Å². The smallest absolute Gasteiger partial charge is 0.271 e. The van der Waals surface area contributed by atoms with Crippen LogP contribution in [0.5, 0.6) is 23.0 Å². The van der Waals surface area contributed by atoms with Gasteiger partial charge in [0.25, 0.3) is 5.91 Å². The summed E-state index contributed by atoms with van der Waals surface area (Å²) in [7, 11) is 3.04. The standard InChI is InChI=1S/C17H15BrN2O5/c1-22-12-5-11(6-13(7-12)23-2)17(21)20-19-8-10-3-14(18)16-15(4-10)24-9-25-16/h3-8H,9H2,1-2H3,(H,20,21)/b19-8-. The number of amides is 1. The normalized spacial score (nSPS) is 12.3. The third kappa shape index (κ3) is 3.85. The van der Waals surface area contributed by atoms with Crippen LogP contribution in [0.4, 0.5) is 0 Å². The van der Waals surface area contributed by atoms with Crippen molar-refractivity contribution in [3.05, 3.63) is 45.9 Å². The van der Waals surface area contributed by atoms with Crippen LogP contribution in [0.15, 0.2) is 39.9 Å². The predicted octanol–water partition coefficient (Wildman–Crippen LogP) is 2.96. The number of benzene rings is 2. The van der Waals surface area contributed by atoms with Gasteiger partial charge in [-0.05, 0) is 45.8 Å². The highest BCUT2D eigenvalue weighted by molar-refractivity contribution is 9.10. The summed E-state index contributed by atoms with van der Waals surface area (Å²) >= 11 is 3.41. The van der Waals surface area contributed by atoms with Crippen LogP contribution in [0.3, 0.4) is 0 Å². The zero-order chi connectivity index (χ0) is 17.8. The molecule has 0 bridgehead atoms. The van der Waals surface area contributed by atoms with E-state index in [1.54, 1.807) is 24.3 Å². The summed E-state index contributed by atoms with van der Waals surface area (Å²) in [6, 6.07) is 8.48. The topological polar surface area (TPSA) is 78.4 Å². The molecule has 0 saturated heterocycles. The molecule has 7 nitrogen and oxygen atoms in total. The molecule has 1 amide bonds. The summed E-state index contributed by atoms with van der Waals surface area (Å²) in [5.41, 5.74) is 3.59. The molecule has 0 saturated carbocycles. The van der Waals surface area contributed by atoms with Gasteiger partial charge in [-0.3, -0.25) is 4.79 Å². The maximum Gasteiger partial charge on any atom is 0.271 e. The zero-order valence-electron chi connectivity index (χ0n) is 13.5. The number of hydrogen-bond acceptors (Lipinski definition) is 6. The lowest BCUT2D eigenvalue weighted by atomic mass is 10.2. The van der Waals surface area contributed by atoms with E-state index in [2.05, 4.69) is 26.5 Å². The number of nitrogens with one attached hydrogen (secondary N) is 1. The van der Waals surface area contributed by atoms with Crippen LogP contribution in [0.1, 0.15) is 15.9 Å². The molecule has 1 aliphatic heterocycles. The summed E-state index contributed by atoms with van der Waals surface area (Å²) in [5.74, 6) is 1.94. The van der Waals surface area contributed by atoms with Gasteiger partial charge in [-0.1, -0.05) is 0 Å². The van der Waals surface area contributed by atoms with Crippen molar-refractivity contribution >= 4 is 28.1 Å². The van der Waals surface area contributed by atoms with Gasteiger partial charge in [0.15, 0.2) is 11.5 Å². The Labute approximate surface area is 152 Å². The van der Waals surface area contributed by atoms with E-state index in [0.29, 0.717) is 28.6 Å². The molecular weight excluding hydrogens is 392 g/mol. The Morgan fingerprint density at radius 2 is 1.88 bits per heavy atom. The fourth-order valence-corrected chi connectivity index (χ4v) is 2.80. The quantitative estimate of drug-likeness (QED) is 0.609. The number of nitrogens with zero attached hydrogens (tertiary/aromatic N) is 1. The van der Waals surface area contributed by atoms with Gasteiger partial charge < -0.3 is 18.9 Å². The third-order valence-electron chi connectivity index (χ3n) is 3.44. The Bertz CT molecular complexity index is 816. The van der Waals surface area contributed by atoms with Gasteiger partial charge in [0.2, 0.25) is 6.79 Å². The van der Waals surface area contributed by atoms with Gasteiger partial charge in [0.1, 0.15) is 11.5 Å². The highest BCUT2D eigenvalue weighted by Gasteiger charge is 2.17. The van der Waals surface area contributed by atoms with Crippen LogP contribution < -0.4 is 24.4 Å². The van der Waals surface area contributed by atoms with Crippen molar-refractivity contribution in [2.75, 3.05) is 21.0 Å². The Kier molecular flexibility index (Phi) is 5.08. The van der Waals surface area contributed by atoms with Gasteiger partial charge >= 0.3 is 0 Å². The minimum absolute atomic E-state index is 0.183. The molecule has 0 spiro atoms. The van der Waals surface area contributed by atoms with Crippen LogP contribution in [0.2, 0.25) is 0 Å². The van der Waals surface area contributed by atoms with Gasteiger partial charge in [0.05, 0.1) is 24.9 Å². The molecule has 0 fully saturated rings. The minimum Gasteiger partial charge on any atom is -0.497 e. The van der Waals surface area contributed by atoms with Crippen molar-refractivity contribution in [1.82, 2.24) is 5.43 Å². The largest absolute Gasteiger partial charge is 0.497 e. The lowest BCUT2D eigenvalue weighted by Gasteiger charge is -2.07. The number of hydrazone groups is 1. The number of rotatable bonds is 5. The first-order valence-corrected chi connectivity index (χ1v) is 8.05. The van der Waals surface area contributed by atoms with Crippen LogP contribution in [-0.2, 0) is 0 Å². The molecule has 130 valence electrons. The maximum atomic E-state index is 12.2. The number of methoxy groups -OCH3 is 2. The van der Waals surface area contributed by atoms with E-state index >= 15 is 0 Å². The minimum atomic E-state index is -0.381. The molecule has 25 heavy (non-hydrogen) atoms. The van der Waals surface area contributed by atoms with Crippen molar-refractivity contribution in [1.29, 1.82) is 0 Å². The van der Waals surface area contributed by atoms with Crippen LogP contribution >= 0.6 is 15.9 Å². The molecular formula is C17H15BrN2O5. The number of fused-ring (bicyclic) bond motifs is 1. The Morgan fingerprint density at radius 3 is 2.56 bits per heavy atom. The summed E-state index contributed by atoms with van der Waals surface area (Å²) in [6.45, 7) is 0.183. The van der Waals surface area contributed by atoms with Gasteiger partial charge in [0, 0.05) is 11.6 Å². The van der Waals surface area contributed by atoms with Gasteiger partial charge in [-0.25, -0.2) is 5.43 Å². The molecule has 1 N–H and O–H groups in total. The second kappa shape index (κ2) is 7.43. The number of ether oxygens (including phenoxy) is 4. The predicted molar refractivity (Wildman–Crippen MR) is 94.9 cm³/mol. The van der Waals surface area contributed by atoms with Crippen molar-refractivity contribution in [2.45, 2.75) is 0 Å². The molecule has 1 heterocycles. The third-order valence-corrected chi connectivity index (χ3v) is 4.03. The lowest BCUT2D eigenvalue weighted by molar-refractivity contribution is 0.0954. The fraction of sp³-hybridized carbons (Fsp3) is 0.176. The summed E-state index contributed by atoms with van der Waals surface area (Å²) in [5, 5.41) is 3.97. The van der Waals surface area contributed by atoms with E-state index in [1.165, 1.54) is 20.4 Å². The second-order valence-corrected chi connectivity index (χ2v) is 5.89. The number of hydrogen-bond donors (Lipinski definition) is 1. The van der Waals surface area contributed by atoms with E-state index in [-0.39, 0.29) is 12.7 Å². The SMILES string of the molecule is COc1cc(OC)cc(C(=O)N/N=C\c2cc(Br)c3c(c2)OCO3)c1. The fourth-order valence-electron chi connectivity index (χ4n) is 2.23.